The van der Waals surface area contributed by atoms with Gasteiger partial charge in [-0.1, -0.05) is 42.5 Å². The lowest BCUT2D eigenvalue weighted by Gasteiger charge is -2.34. The zero-order valence-corrected chi connectivity index (χ0v) is 17.0. The molecule has 2 aromatic carbocycles. The van der Waals surface area contributed by atoms with Crippen LogP contribution in [0, 0.1) is 0 Å². The average Bonchev–Trinajstić information content (AvgIpc) is 3.27. The van der Waals surface area contributed by atoms with Crippen LogP contribution < -0.4 is 10.6 Å². The molecule has 4 rings (SSSR count). The number of piperazine rings is 1. The Morgan fingerprint density at radius 2 is 1.54 bits per heavy atom. The first-order chi connectivity index (χ1) is 13.8. The van der Waals surface area contributed by atoms with Crippen LogP contribution in [-0.2, 0) is 17.9 Å². The van der Waals surface area contributed by atoms with Gasteiger partial charge in [0.1, 0.15) is 0 Å². The minimum atomic E-state index is -0.0724. The molecule has 2 N–H and O–H groups in total. The highest BCUT2D eigenvalue weighted by molar-refractivity contribution is 7.99. The standard InChI is InChI=1S/C22H28N4OS/c27-22(21-16-28-17-23-21)24-20-8-6-19(7-9-20)15-26-12-10-25(11-13-26)14-18-4-2-1-3-5-18/h1-9,21,23H,10-17H2,(H,24,27). The molecule has 2 aliphatic heterocycles. The van der Waals surface area contributed by atoms with E-state index in [1.807, 2.05) is 12.1 Å². The first kappa shape index (κ1) is 19.5. The van der Waals surface area contributed by atoms with E-state index in [9.17, 15) is 4.79 Å². The topological polar surface area (TPSA) is 47.6 Å². The van der Waals surface area contributed by atoms with Crippen molar-refractivity contribution in [3.05, 3.63) is 65.7 Å². The van der Waals surface area contributed by atoms with Crippen molar-refractivity contribution in [3.8, 4) is 0 Å². The van der Waals surface area contributed by atoms with Crippen LogP contribution in [0.2, 0.25) is 0 Å². The molecule has 0 bridgehead atoms. The van der Waals surface area contributed by atoms with Gasteiger partial charge in [0.15, 0.2) is 0 Å². The summed E-state index contributed by atoms with van der Waals surface area (Å²) in [7, 11) is 0. The van der Waals surface area contributed by atoms with E-state index in [2.05, 4.69) is 62.9 Å². The lowest BCUT2D eigenvalue weighted by molar-refractivity contribution is -0.117. The lowest BCUT2D eigenvalue weighted by Crippen LogP contribution is -2.45. The number of hydrogen-bond acceptors (Lipinski definition) is 5. The maximum Gasteiger partial charge on any atom is 0.242 e. The van der Waals surface area contributed by atoms with Crippen LogP contribution in [0.4, 0.5) is 5.69 Å². The SMILES string of the molecule is O=C(Nc1ccc(CN2CCN(Cc3ccccc3)CC2)cc1)C1CSCN1. The summed E-state index contributed by atoms with van der Waals surface area (Å²) in [6, 6.07) is 18.9. The summed E-state index contributed by atoms with van der Waals surface area (Å²) >= 11 is 1.76. The lowest BCUT2D eigenvalue weighted by atomic mass is 10.1. The highest BCUT2D eigenvalue weighted by Gasteiger charge is 2.22. The summed E-state index contributed by atoms with van der Waals surface area (Å²) in [5.74, 6) is 1.77. The third kappa shape index (κ3) is 5.35. The van der Waals surface area contributed by atoms with Gasteiger partial charge in [-0.2, -0.15) is 0 Å². The van der Waals surface area contributed by atoms with E-state index < -0.39 is 0 Å². The first-order valence-electron chi connectivity index (χ1n) is 9.96. The molecule has 0 aliphatic carbocycles. The van der Waals surface area contributed by atoms with Crippen LogP contribution in [0.3, 0.4) is 0 Å². The molecule has 6 heteroatoms. The highest BCUT2D eigenvalue weighted by Crippen LogP contribution is 2.16. The van der Waals surface area contributed by atoms with Gasteiger partial charge in [-0.25, -0.2) is 0 Å². The second kappa shape index (κ2) is 9.56. The monoisotopic (exact) mass is 396 g/mol. The van der Waals surface area contributed by atoms with E-state index in [0.29, 0.717) is 0 Å². The summed E-state index contributed by atoms with van der Waals surface area (Å²) in [6.07, 6.45) is 0. The summed E-state index contributed by atoms with van der Waals surface area (Å²) in [6.45, 7) is 6.41. The fourth-order valence-corrected chi connectivity index (χ4v) is 4.63. The molecule has 0 aromatic heterocycles. The van der Waals surface area contributed by atoms with Crippen molar-refractivity contribution < 1.29 is 4.79 Å². The maximum absolute atomic E-state index is 12.2. The Hall–Kier alpha value is -1.86. The van der Waals surface area contributed by atoms with Crippen LogP contribution in [-0.4, -0.2) is 59.6 Å². The van der Waals surface area contributed by atoms with E-state index >= 15 is 0 Å². The molecule has 2 saturated heterocycles. The van der Waals surface area contributed by atoms with Crippen LogP contribution >= 0.6 is 11.8 Å². The Morgan fingerprint density at radius 1 is 0.929 bits per heavy atom. The summed E-state index contributed by atoms with van der Waals surface area (Å²) in [5.41, 5.74) is 3.56. The number of hydrogen-bond donors (Lipinski definition) is 2. The number of carbonyl (C=O) groups is 1. The van der Waals surface area contributed by atoms with Crippen molar-refractivity contribution in [2.45, 2.75) is 19.1 Å². The molecule has 5 nitrogen and oxygen atoms in total. The fraction of sp³-hybridized carbons (Fsp3) is 0.409. The van der Waals surface area contributed by atoms with Crippen LogP contribution in [0.25, 0.3) is 0 Å². The van der Waals surface area contributed by atoms with Crippen LogP contribution in [0.15, 0.2) is 54.6 Å². The molecule has 148 valence electrons. The van der Waals surface area contributed by atoms with E-state index in [1.165, 1.54) is 11.1 Å². The molecule has 1 atom stereocenters. The zero-order valence-electron chi connectivity index (χ0n) is 16.1. The Labute approximate surface area is 171 Å². The number of anilines is 1. The van der Waals surface area contributed by atoms with Crippen LogP contribution in [0.1, 0.15) is 11.1 Å². The zero-order chi connectivity index (χ0) is 19.2. The molecule has 1 amide bonds. The number of carbonyl (C=O) groups excluding carboxylic acids is 1. The van der Waals surface area contributed by atoms with Crippen molar-refractivity contribution >= 4 is 23.4 Å². The van der Waals surface area contributed by atoms with Crippen molar-refractivity contribution in [2.75, 3.05) is 43.1 Å². The third-order valence-electron chi connectivity index (χ3n) is 5.37. The van der Waals surface area contributed by atoms with Crippen molar-refractivity contribution in [2.24, 2.45) is 0 Å². The molecule has 1 unspecified atom stereocenters. The van der Waals surface area contributed by atoms with Gasteiger partial charge in [0, 0.05) is 56.6 Å². The Bertz CT molecular complexity index is 754. The molecular weight excluding hydrogens is 368 g/mol. The van der Waals surface area contributed by atoms with Gasteiger partial charge in [0.2, 0.25) is 5.91 Å². The van der Waals surface area contributed by atoms with Crippen molar-refractivity contribution in [1.82, 2.24) is 15.1 Å². The van der Waals surface area contributed by atoms with Crippen LogP contribution in [0.5, 0.6) is 0 Å². The normalized spacial score (nSPS) is 20.9. The minimum absolute atomic E-state index is 0.0623. The Morgan fingerprint density at radius 3 is 2.11 bits per heavy atom. The molecule has 0 saturated carbocycles. The summed E-state index contributed by atoms with van der Waals surface area (Å²) in [4.78, 5) is 17.2. The van der Waals surface area contributed by atoms with Gasteiger partial charge in [-0.15, -0.1) is 11.8 Å². The minimum Gasteiger partial charge on any atom is -0.325 e. The molecular formula is C22H28N4OS. The summed E-state index contributed by atoms with van der Waals surface area (Å²) in [5, 5.41) is 6.21. The smallest absolute Gasteiger partial charge is 0.242 e. The molecule has 0 spiro atoms. The molecule has 2 fully saturated rings. The maximum atomic E-state index is 12.2. The second-order valence-corrected chi connectivity index (χ2v) is 8.53. The Kier molecular flexibility index (Phi) is 6.65. The molecule has 28 heavy (non-hydrogen) atoms. The number of rotatable bonds is 6. The molecule has 2 aromatic rings. The third-order valence-corrected chi connectivity index (χ3v) is 6.31. The number of nitrogens with zero attached hydrogens (tertiary/aromatic N) is 2. The Balaban J connectivity index is 1.22. The largest absolute Gasteiger partial charge is 0.325 e. The summed E-state index contributed by atoms with van der Waals surface area (Å²) < 4.78 is 0. The average molecular weight is 397 g/mol. The van der Waals surface area contributed by atoms with E-state index in [1.54, 1.807) is 11.8 Å². The number of benzene rings is 2. The first-order valence-corrected chi connectivity index (χ1v) is 11.1. The van der Waals surface area contributed by atoms with E-state index in [-0.39, 0.29) is 11.9 Å². The number of nitrogens with one attached hydrogen (secondary N) is 2. The van der Waals surface area contributed by atoms with Gasteiger partial charge < -0.3 is 5.32 Å². The van der Waals surface area contributed by atoms with Gasteiger partial charge in [-0.3, -0.25) is 19.9 Å². The van der Waals surface area contributed by atoms with Crippen molar-refractivity contribution in [3.63, 3.8) is 0 Å². The quantitative estimate of drug-likeness (QED) is 0.786. The molecule has 2 heterocycles. The van der Waals surface area contributed by atoms with Gasteiger partial charge in [0.05, 0.1) is 6.04 Å². The molecule has 0 radical (unpaired) electrons. The number of amides is 1. The number of thioether (sulfide) groups is 1. The van der Waals surface area contributed by atoms with E-state index in [4.69, 9.17) is 0 Å². The molecule has 2 aliphatic rings. The highest BCUT2D eigenvalue weighted by atomic mass is 32.2. The van der Waals surface area contributed by atoms with Gasteiger partial charge in [0.25, 0.3) is 0 Å². The predicted molar refractivity (Wildman–Crippen MR) is 116 cm³/mol. The van der Waals surface area contributed by atoms with Crippen molar-refractivity contribution in [1.29, 1.82) is 0 Å². The second-order valence-electron chi connectivity index (χ2n) is 7.50. The van der Waals surface area contributed by atoms with Gasteiger partial charge in [-0.05, 0) is 23.3 Å². The fourth-order valence-electron chi connectivity index (χ4n) is 3.69. The van der Waals surface area contributed by atoms with E-state index in [0.717, 1.165) is 56.6 Å². The van der Waals surface area contributed by atoms with Gasteiger partial charge >= 0.3 is 0 Å². The predicted octanol–water partition coefficient (Wildman–Crippen LogP) is 2.61.